The first-order chi connectivity index (χ1) is 6.56. The average Bonchev–Trinajstić information content (AvgIpc) is 2.10. The predicted octanol–water partition coefficient (Wildman–Crippen LogP) is 1.04. The van der Waals surface area contributed by atoms with Crippen LogP contribution in [0.3, 0.4) is 0 Å². The van der Waals surface area contributed by atoms with Crippen molar-refractivity contribution in [1.82, 2.24) is 0 Å². The Balaban J connectivity index is 3.71. The van der Waals surface area contributed by atoms with Gasteiger partial charge in [-0.05, 0) is 25.5 Å². The van der Waals surface area contributed by atoms with Crippen molar-refractivity contribution >= 4 is 18.0 Å². The zero-order valence-electron chi connectivity index (χ0n) is 8.36. The van der Waals surface area contributed by atoms with E-state index in [1.165, 1.54) is 13.0 Å². The van der Waals surface area contributed by atoms with Gasteiger partial charge in [-0.2, -0.15) is 0 Å². The number of rotatable bonds is 6. The number of ketones is 1. The standard InChI is InChI=1S/C10H14O4/c1-8(14-9(2)12)5-6-10(13)4-3-7-11/h3-4,7-8H,5-6H2,1-2H3/b4-3+. The fraction of sp³-hybridized carbons (Fsp3) is 0.500. The second-order valence-electron chi connectivity index (χ2n) is 2.92. The molecule has 4 heteroatoms. The van der Waals surface area contributed by atoms with E-state index in [-0.39, 0.29) is 24.3 Å². The van der Waals surface area contributed by atoms with Crippen LogP contribution in [0.1, 0.15) is 26.7 Å². The average molecular weight is 198 g/mol. The van der Waals surface area contributed by atoms with Gasteiger partial charge in [-0.3, -0.25) is 14.4 Å². The molecule has 0 N–H and O–H groups in total. The molecule has 0 amide bonds. The molecule has 0 saturated heterocycles. The van der Waals surface area contributed by atoms with Gasteiger partial charge in [-0.1, -0.05) is 0 Å². The van der Waals surface area contributed by atoms with E-state index in [1.54, 1.807) is 6.92 Å². The molecule has 0 spiro atoms. The lowest BCUT2D eigenvalue weighted by Crippen LogP contribution is -2.13. The summed E-state index contributed by atoms with van der Waals surface area (Å²) in [5, 5.41) is 0. The lowest BCUT2D eigenvalue weighted by molar-refractivity contribution is -0.146. The SMILES string of the molecule is CC(=O)OC(C)CCC(=O)/C=C/C=O. The van der Waals surface area contributed by atoms with Crippen LogP contribution in [0.15, 0.2) is 12.2 Å². The fourth-order valence-corrected chi connectivity index (χ4v) is 0.918. The molecule has 0 aromatic heterocycles. The van der Waals surface area contributed by atoms with Crippen molar-refractivity contribution in [2.24, 2.45) is 0 Å². The molecule has 0 heterocycles. The maximum Gasteiger partial charge on any atom is 0.302 e. The number of carbonyl (C=O) groups is 3. The van der Waals surface area contributed by atoms with Crippen LogP contribution < -0.4 is 0 Å². The van der Waals surface area contributed by atoms with Crippen molar-refractivity contribution < 1.29 is 19.1 Å². The molecule has 78 valence electrons. The Morgan fingerprint density at radius 3 is 2.57 bits per heavy atom. The maximum absolute atomic E-state index is 11.0. The van der Waals surface area contributed by atoms with Crippen LogP contribution in [0.4, 0.5) is 0 Å². The number of allylic oxidation sites excluding steroid dienone is 2. The second kappa shape index (κ2) is 7.00. The summed E-state index contributed by atoms with van der Waals surface area (Å²) in [5.41, 5.74) is 0. The highest BCUT2D eigenvalue weighted by Crippen LogP contribution is 2.02. The van der Waals surface area contributed by atoms with E-state index in [9.17, 15) is 14.4 Å². The van der Waals surface area contributed by atoms with Crippen LogP contribution >= 0.6 is 0 Å². The van der Waals surface area contributed by atoms with Gasteiger partial charge >= 0.3 is 5.97 Å². The first kappa shape index (κ1) is 12.6. The summed E-state index contributed by atoms with van der Waals surface area (Å²) in [5.74, 6) is -0.496. The van der Waals surface area contributed by atoms with Crippen molar-refractivity contribution in [3.63, 3.8) is 0 Å². The number of aldehydes is 1. The lowest BCUT2D eigenvalue weighted by atomic mass is 10.1. The number of hydrogen-bond donors (Lipinski definition) is 0. The summed E-state index contributed by atoms with van der Waals surface area (Å²) >= 11 is 0. The van der Waals surface area contributed by atoms with E-state index in [2.05, 4.69) is 0 Å². The van der Waals surface area contributed by atoms with E-state index in [1.807, 2.05) is 0 Å². The molecule has 1 atom stereocenters. The second-order valence-corrected chi connectivity index (χ2v) is 2.92. The maximum atomic E-state index is 11.0. The van der Waals surface area contributed by atoms with E-state index in [0.29, 0.717) is 12.7 Å². The molecule has 0 radical (unpaired) electrons. The lowest BCUT2D eigenvalue weighted by Gasteiger charge is -2.09. The summed E-state index contributed by atoms with van der Waals surface area (Å²) in [7, 11) is 0. The minimum atomic E-state index is -0.353. The molecule has 0 fully saturated rings. The van der Waals surface area contributed by atoms with E-state index in [4.69, 9.17) is 4.74 Å². The quantitative estimate of drug-likeness (QED) is 0.363. The normalized spacial score (nSPS) is 12.4. The third-order valence-corrected chi connectivity index (χ3v) is 1.53. The summed E-state index contributed by atoms with van der Waals surface area (Å²) in [6.45, 7) is 3.04. The van der Waals surface area contributed by atoms with Crippen LogP contribution in [0.5, 0.6) is 0 Å². The molecule has 0 aromatic carbocycles. The zero-order valence-corrected chi connectivity index (χ0v) is 8.36. The Labute approximate surface area is 82.9 Å². The molecule has 0 rings (SSSR count). The smallest absolute Gasteiger partial charge is 0.302 e. The molecule has 4 nitrogen and oxygen atoms in total. The predicted molar refractivity (Wildman–Crippen MR) is 50.7 cm³/mol. The van der Waals surface area contributed by atoms with Gasteiger partial charge in [0.05, 0.1) is 6.10 Å². The van der Waals surface area contributed by atoms with E-state index in [0.717, 1.165) is 6.08 Å². The third-order valence-electron chi connectivity index (χ3n) is 1.53. The molecular weight excluding hydrogens is 184 g/mol. The molecule has 0 saturated carbocycles. The topological polar surface area (TPSA) is 60.4 Å². The highest BCUT2D eigenvalue weighted by Gasteiger charge is 2.06. The van der Waals surface area contributed by atoms with E-state index >= 15 is 0 Å². The van der Waals surface area contributed by atoms with Crippen LogP contribution in [0.2, 0.25) is 0 Å². The van der Waals surface area contributed by atoms with Crippen molar-refractivity contribution in [3.05, 3.63) is 12.2 Å². The first-order valence-electron chi connectivity index (χ1n) is 4.38. The number of carbonyl (C=O) groups excluding carboxylic acids is 3. The zero-order chi connectivity index (χ0) is 11.0. The minimum absolute atomic E-state index is 0.142. The Bertz CT molecular complexity index is 243. The van der Waals surface area contributed by atoms with Gasteiger partial charge in [0.1, 0.15) is 6.29 Å². The molecule has 1 unspecified atom stereocenters. The highest BCUT2D eigenvalue weighted by molar-refractivity contribution is 5.92. The van der Waals surface area contributed by atoms with Crippen molar-refractivity contribution in [1.29, 1.82) is 0 Å². The minimum Gasteiger partial charge on any atom is -0.463 e. The van der Waals surface area contributed by atoms with Gasteiger partial charge in [-0.15, -0.1) is 0 Å². The summed E-state index contributed by atoms with van der Waals surface area (Å²) < 4.78 is 4.82. The molecule has 0 bridgehead atoms. The molecule has 14 heavy (non-hydrogen) atoms. The van der Waals surface area contributed by atoms with Crippen LogP contribution in [0.25, 0.3) is 0 Å². The number of esters is 1. The fourth-order valence-electron chi connectivity index (χ4n) is 0.918. The Kier molecular flexibility index (Phi) is 6.28. The summed E-state index contributed by atoms with van der Waals surface area (Å²) in [6, 6.07) is 0. The third kappa shape index (κ3) is 7.21. The monoisotopic (exact) mass is 198 g/mol. The molecule has 0 aliphatic heterocycles. The molecule has 0 aromatic rings. The number of ether oxygens (including phenoxy) is 1. The summed E-state index contributed by atoms with van der Waals surface area (Å²) in [6.07, 6.45) is 3.40. The van der Waals surface area contributed by atoms with Crippen molar-refractivity contribution in [2.45, 2.75) is 32.8 Å². The van der Waals surface area contributed by atoms with Gasteiger partial charge in [0.25, 0.3) is 0 Å². The largest absolute Gasteiger partial charge is 0.463 e. The van der Waals surface area contributed by atoms with Gasteiger partial charge in [-0.25, -0.2) is 0 Å². The van der Waals surface area contributed by atoms with Crippen molar-refractivity contribution in [3.8, 4) is 0 Å². The van der Waals surface area contributed by atoms with Gasteiger partial charge < -0.3 is 4.74 Å². The molecule has 0 aliphatic rings. The number of hydrogen-bond acceptors (Lipinski definition) is 4. The van der Waals surface area contributed by atoms with Crippen LogP contribution in [-0.4, -0.2) is 24.1 Å². The van der Waals surface area contributed by atoms with Crippen LogP contribution in [-0.2, 0) is 19.1 Å². The Morgan fingerprint density at radius 1 is 1.43 bits per heavy atom. The van der Waals surface area contributed by atoms with Gasteiger partial charge in [0, 0.05) is 13.3 Å². The Hall–Kier alpha value is -1.45. The van der Waals surface area contributed by atoms with Gasteiger partial charge in [0.2, 0.25) is 0 Å². The highest BCUT2D eigenvalue weighted by atomic mass is 16.5. The van der Waals surface area contributed by atoms with Gasteiger partial charge in [0.15, 0.2) is 5.78 Å². The van der Waals surface area contributed by atoms with Crippen LogP contribution in [0, 0.1) is 0 Å². The van der Waals surface area contributed by atoms with E-state index < -0.39 is 0 Å². The first-order valence-corrected chi connectivity index (χ1v) is 4.38. The Morgan fingerprint density at radius 2 is 2.07 bits per heavy atom. The molecule has 0 aliphatic carbocycles. The van der Waals surface area contributed by atoms with Crippen molar-refractivity contribution in [2.75, 3.05) is 0 Å². The molecular formula is C10H14O4. The summed E-state index contributed by atoms with van der Waals surface area (Å²) in [4.78, 5) is 31.4.